The number of oxime groups is 1. The predicted molar refractivity (Wildman–Crippen MR) is 161 cm³/mol. The molecular weight excluding hydrogens is 577 g/mol. The van der Waals surface area contributed by atoms with Gasteiger partial charge in [-0.05, 0) is 38.5 Å². The van der Waals surface area contributed by atoms with E-state index in [0.29, 0.717) is 17.7 Å². The highest BCUT2D eigenvalue weighted by Gasteiger charge is 2.44. The average Bonchev–Trinajstić information content (AvgIpc) is 3.65. The maximum absolute atomic E-state index is 14.4. The van der Waals surface area contributed by atoms with Crippen LogP contribution in [0, 0.1) is 6.92 Å². The molecular formula is C30H32N3O7PS. The lowest BCUT2D eigenvalue weighted by Gasteiger charge is -2.26. The summed E-state index contributed by atoms with van der Waals surface area (Å²) >= 11 is 0. The topological polar surface area (TPSA) is 121 Å². The minimum atomic E-state index is -4.29. The van der Waals surface area contributed by atoms with Crippen molar-refractivity contribution in [2.75, 3.05) is 24.1 Å². The molecule has 1 aliphatic heterocycles. The molecule has 0 radical (unpaired) electrons. The molecule has 3 aromatic carbocycles. The smallest absolute Gasteiger partial charge is 0.369 e. The summed E-state index contributed by atoms with van der Waals surface area (Å²) in [6.07, 6.45) is -0.329. The molecule has 220 valence electrons. The van der Waals surface area contributed by atoms with Crippen LogP contribution in [-0.4, -0.2) is 45.1 Å². The van der Waals surface area contributed by atoms with Crippen molar-refractivity contribution >= 4 is 34.5 Å². The Kier molecular flexibility index (Phi) is 8.93. The zero-order valence-corrected chi connectivity index (χ0v) is 25.3. The summed E-state index contributed by atoms with van der Waals surface area (Å²) in [5, 5.41) is 8.37. The normalized spacial score (nSPS) is 15.3. The first kappa shape index (κ1) is 29.7. The zero-order valence-electron chi connectivity index (χ0n) is 23.5. The van der Waals surface area contributed by atoms with E-state index >= 15 is 0 Å². The fourth-order valence-electron chi connectivity index (χ4n) is 4.62. The van der Waals surface area contributed by atoms with Gasteiger partial charge in [0.15, 0.2) is 11.4 Å². The Morgan fingerprint density at radius 1 is 0.905 bits per heavy atom. The lowest BCUT2D eigenvalue weighted by atomic mass is 10.1. The highest BCUT2D eigenvalue weighted by molar-refractivity contribution is 7.93. The minimum Gasteiger partial charge on any atom is -0.390 e. The Morgan fingerprint density at radius 3 is 2.10 bits per heavy atom. The summed E-state index contributed by atoms with van der Waals surface area (Å²) in [7, 11) is -8.41. The van der Waals surface area contributed by atoms with Crippen LogP contribution >= 0.6 is 7.60 Å². The lowest BCUT2D eigenvalue weighted by Crippen LogP contribution is -2.40. The van der Waals surface area contributed by atoms with Crippen molar-refractivity contribution in [2.24, 2.45) is 5.16 Å². The number of hydrogen-bond donors (Lipinski definition) is 0. The lowest BCUT2D eigenvalue weighted by molar-refractivity contribution is 0.0919. The van der Waals surface area contributed by atoms with Gasteiger partial charge in [-0.2, -0.15) is 0 Å². The molecule has 0 bridgehead atoms. The third-order valence-electron chi connectivity index (χ3n) is 6.61. The summed E-state index contributed by atoms with van der Waals surface area (Å²) in [5.41, 5.74) is 3.17. The molecule has 1 atom stereocenters. The molecule has 5 rings (SSSR count). The largest absolute Gasteiger partial charge is 0.390 e. The van der Waals surface area contributed by atoms with Crippen molar-refractivity contribution in [1.82, 2.24) is 5.16 Å². The van der Waals surface area contributed by atoms with Crippen LogP contribution in [0.1, 0.15) is 31.4 Å². The first-order chi connectivity index (χ1) is 20.3. The standard InChI is InChI=1S/C30H32N3O7PS/c1-4-37-41(34,38-5-2)29-28(24-14-10-7-11-15-24)32-40-30(29)33(42(35,36)26-18-16-22(3)17-19-26)21-25-20-27(31-39-25)23-12-8-6-9-13-23/h6-19,25H,4-5,20-21H2,1-3H3. The maximum Gasteiger partial charge on any atom is 0.369 e. The summed E-state index contributed by atoms with van der Waals surface area (Å²) in [6.45, 7) is 5.10. The number of hydrogen-bond acceptors (Lipinski definition) is 9. The molecule has 1 aliphatic rings. The molecule has 0 amide bonds. The number of anilines is 1. The average molecular weight is 610 g/mol. The number of aromatic nitrogens is 1. The van der Waals surface area contributed by atoms with Gasteiger partial charge in [0.1, 0.15) is 5.69 Å². The molecule has 2 heterocycles. The van der Waals surface area contributed by atoms with Gasteiger partial charge in [-0.1, -0.05) is 88.7 Å². The highest BCUT2D eigenvalue weighted by atomic mass is 32.2. The van der Waals surface area contributed by atoms with Crippen molar-refractivity contribution in [3.05, 3.63) is 96.1 Å². The number of aryl methyl sites for hydroxylation is 1. The highest BCUT2D eigenvalue weighted by Crippen LogP contribution is 2.52. The van der Waals surface area contributed by atoms with Gasteiger partial charge < -0.3 is 18.4 Å². The van der Waals surface area contributed by atoms with Crippen LogP contribution in [0.25, 0.3) is 11.3 Å². The van der Waals surface area contributed by atoms with E-state index in [2.05, 4.69) is 10.3 Å². The van der Waals surface area contributed by atoms with E-state index in [4.69, 9.17) is 18.4 Å². The molecule has 0 saturated carbocycles. The Hall–Kier alpha value is -3.76. The van der Waals surface area contributed by atoms with Crippen molar-refractivity contribution in [2.45, 2.75) is 38.2 Å². The maximum atomic E-state index is 14.4. The molecule has 10 nitrogen and oxygen atoms in total. The van der Waals surface area contributed by atoms with Gasteiger partial charge in [0.2, 0.25) is 0 Å². The van der Waals surface area contributed by atoms with E-state index in [9.17, 15) is 13.0 Å². The number of sulfonamides is 1. The Morgan fingerprint density at radius 2 is 1.50 bits per heavy atom. The van der Waals surface area contributed by atoms with Crippen molar-refractivity contribution in [3.63, 3.8) is 0 Å². The van der Waals surface area contributed by atoms with Gasteiger partial charge in [-0.25, -0.2) is 12.7 Å². The summed E-state index contributed by atoms with van der Waals surface area (Å²) < 4.78 is 61.2. The molecule has 1 unspecified atom stereocenters. The second kappa shape index (κ2) is 12.6. The Labute approximate surface area is 245 Å². The monoisotopic (exact) mass is 609 g/mol. The Balaban J connectivity index is 1.64. The molecule has 4 aromatic rings. The van der Waals surface area contributed by atoms with Gasteiger partial charge in [0.25, 0.3) is 15.9 Å². The summed E-state index contributed by atoms with van der Waals surface area (Å²) in [6, 6.07) is 24.8. The molecule has 0 saturated heterocycles. The second-order valence-electron chi connectivity index (χ2n) is 9.57. The molecule has 0 spiro atoms. The number of nitrogens with zero attached hydrogens (tertiary/aromatic N) is 3. The fourth-order valence-corrected chi connectivity index (χ4v) is 7.96. The Bertz CT molecular complexity index is 1680. The third kappa shape index (κ3) is 6.05. The molecule has 12 heteroatoms. The van der Waals surface area contributed by atoms with E-state index < -0.39 is 23.7 Å². The van der Waals surface area contributed by atoms with Gasteiger partial charge in [0, 0.05) is 12.0 Å². The van der Waals surface area contributed by atoms with Crippen LogP contribution in [-0.2, 0) is 28.5 Å². The van der Waals surface area contributed by atoms with Crippen LogP contribution in [0.5, 0.6) is 0 Å². The van der Waals surface area contributed by atoms with Crippen molar-refractivity contribution < 1.29 is 31.4 Å². The summed E-state index contributed by atoms with van der Waals surface area (Å²) in [4.78, 5) is 5.74. The first-order valence-electron chi connectivity index (χ1n) is 13.6. The van der Waals surface area contributed by atoms with Gasteiger partial charge >= 0.3 is 7.60 Å². The minimum absolute atomic E-state index is 0.0153. The third-order valence-corrected chi connectivity index (χ3v) is 10.5. The van der Waals surface area contributed by atoms with Crippen LogP contribution in [0.15, 0.2) is 99.5 Å². The van der Waals surface area contributed by atoms with Crippen molar-refractivity contribution in [1.29, 1.82) is 0 Å². The predicted octanol–water partition coefficient (Wildman–Crippen LogP) is 5.93. The SMILES string of the molecule is CCOP(=O)(OCC)c1c(-c2ccccc2)noc1N(CC1CC(c2ccccc2)=NO1)S(=O)(=O)c1ccc(C)cc1. The van der Waals surface area contributed by atoms with E-state index in [1.54, 1.807) is 50.2 Å². The fraction of sp³-hybridized carbons (Fsp3) is 0.267. The molecule has 0 fully saturated rings. The quantitative estimate of drug-likeness (QED) is 0.181. The van der Waals surface area contributed by atoms with E-state index in [1.807, 2.05) is 43.3 Å². The molecule has 1 aromatic heterocycles. The van der Waals surface area contributed by atoms with E-state index in [1.165, 1.54) is 12.1 Å². The van der Waals surface area contributed by atoms with Crippen LogP contribution in [0.2, 0.25) is 0 Å². The van der Waals surface area contributed by atoms with Crippen LogP contribution < -0.4 is 9.61 Å². The van der Waals surface area contributed by atoms with Crippen LogP contribution in [0.4, 0.5) is 5.88 Å². The second-order valence-corrected chi connectivity index (χ2v) is 13.4. The molecule has 0 aliphatic carbocycles. The van der Waals surface area contributed by atoms with Crippen LogP contribution in [0.3, 0.4) is 0 Å². The van der Waals surface area contributed by atoms with Gasteiger partial charge in [0.05, 0.1) is 30.4 Å². The van der Waals surface area contributed by atoms with Crippen molar-refractivity contribution in [3.8, 4) is 11.3 Å². The first-order valence-corrected chi connectivity index (χ1v) is 16.6. The molecule has 0 N–H and O–H groups in total. The zero-order chi connectivity index (χ0) is 29.7. The number of rotatable bonds is 12. The van der Waals surface area contributed by atoms with E-state index in [0.717, 1.165) is 15.4 Å². The number of benzene rings is 3. The summed E-state index contributed by atoms with van der Waals surface area (Å²) in [5.74, 6) is -0.267. The van der Waals surface area contributed by atoms with Gasteiger partial charge in [-0.15, -0.1) is 0 Å². The van der Waals surface area contributed by atoms with E-state index in [-0.39, 0.29) is 41.5 Å². The molecule has 42 heavy (non-hydrogen) atoms. The van der Waals surface area contributed by atoms with Gasteiger partial charge in [-0.3, -0.25) is 4.57 Å².